The fraction of sp³-hybridized carbons (Fsp3) is 0.429. The smallest absolute Gasteiger partial charge is 0.407 e. The number of aromatic hydroxyl groups is 1. The summed E-state index contributed by atoms with van der Waals surface area (Å²) in [5.74, 6) is -0.00477. The maximum Gasteiger partial charge on any atom is 0.407 e. The van der Waals surface area contributed by atoms with Crippen molar-refractivity contribution in [2.75, 3.05) is 20.2 Å². The first-order valence-corrected chi connectivity index (χ1v) is 6.42. The van der Waals surface area contributed by atoms with Crippen LogP contribution in [0.1, 0.15) is 23.2 Å². The molecule has 0 atom stereocenters. The van der Waals surface area contributed by atoms with Crippen LogP contribution in [0.3, 0.4) is 0 Å². The van der Waals surface area contributed by atoms with E-state index in [0.29, 0.717) is 31.7 Å². The molecule has 0 spiro atoms. The number of carbonyl (C=O) groups is 2. The predicted molar refractivity (Wildman–Crippen MR) is 71.3 cm³/mol. The molecule has 20 heavy (non-hydrogen) atoms. The average molecular weight is 279 g/mol. The molecule has 1 heterocycles. The number of nitrogens with zero attached hydrogens (tertiary/aromatic N) is 1. The Morgan fingerprint density at radius 1 is 1.30 bits per heavy atom. The molecular weight excluding hydrogens is 262 g/mol. The molecule has 0 radical (unpaired) electrons. The third kappa shape index (κ3) is 2.84. The molecule has 0 aromatic heterocycles. The summed E-state index contributed by atoms with van der Waals surface area (Å²) in [5.41, 5.74) is 0.263. The summed E-state index contributed by atoms with van der Waals surface area (Å²) in [6.07, 6.45) is 0.0101. The average Bonchev–Trinajstić information content (AvgIpc) is 2.46. The van der Waals surface area contributed by atoms with E-state index in [-0.39, 0.29) is 23.0 Å². The van der Waals surface area contributed by atoms with Gasteiger partial charge in [0.25, 0.3) is 0 Å². The van der Waals surface area contributed by atoms with Gasteiger partial charge in [0.15, 0.2) is 5.78 Å². The van der Waals surface area contributed by atoms with Gasteiger partial charge in [-0.05, 0) is 25.0 Å². The first-order chi connectivity index (χ1) is 9.52. The number of methoxy groups -OCH3 is 1. The van der Waals surface area contributed by atoms with Crippen LogP contribution in [-0.4, -0.2) is 47.2 Å². The summed E-state index contributed by atoms with van der Waals surface area (Å²) in [6, 6.07) is 4.57. The molecule has 1 aromatic carbocycles. The Kier molecular flexibility index (Phi) is 4.12. The number of hydrogen-bond acceptors (Lipinski definition) is 4. The van der Waals surface area contributed by atoms with Gasteiger partial charge < -0.3 is 19.8 Å². The van der Waals surface area contributed by atoms with E-state index in [1.54, 1.807) is 12.1 Å². The summed E-state index contributed by atoms with van der Waals surface area (Å²) in [5, 5.41) is 18.7. The Bertz CT molecular complexity index is 520. The van der Waals surface area contributed by atoms with Crippen LogP contribution in [0.2, 0.25) is 0 Å². The molecule has 1 aromatic rings. The third-order valence-electron chi connectivity index (χ3n) is 3.61. The van der Waals surface area contributed by atoms with Crippen LogP contribution in [0.5, 0.6) is 11.5 Å². The molecule has 0 saturated carbocycles. The second kappa shape index (κ2) is 5.81. The summed E-state index contributed by atoms with van der Waals surface area (Å²) in [6.45, 7) is 0.700. The van der Waals surface area contributed by atoms with Crippen LogP contribution in [0.4, 0.5) is 4.79 Å². The Balaban J connectivity index is 2.07. The van der Waals surface area contributed by atoms with Crippen LogP contribution in [0.25, 0.3) is 0 Å². The lowest BCUT2D eigenvalue weighted by Gasteiger charge is -2.29. The van der Waals surface area contributed by atoms with Gasteiger partial charge in [-0.3, -0.25) is 4.79 Å². The molecule has 1 fully saturated rings. The van der Waals surface area contributed by atoms with E-state index >= 15 is 0 Å². The van der Waals surface area contributed by atoms with Gasteiger partial charge in [0, 0.05) is 25.1 Å². The van der Waals surface area contributed by atoms with Gasteiger partial charge in [-0.15, -0.1) is 0 Å². The highest BCUT2D eigenvalue weighted by Crippen LogP contribution is 2.29. The summed E-state index contributed by atoms with van der Waals surface area (Å²) < 4.78 is 4.97. The first-order valence-electron chi connectivity index (χ1n) is 6.42. The number of amides is 1. The summed E-state index contributed by atoms with van der Waals surface area (Å²) >= 11 is 0. The maximum absolute atomic E-state index is 12.3. The van der Waals surface area contributed by atoms with E-state index in [1.165, 1.54) is 18.1 Å². The number of likely N-dealkylation sites (tertiary alicyclic amines) is 1. The second-order valence-corrected chi connectivity index (χ2v) is 4.79. The van der Waals surface area contributed by atoms with Crippen molar-refractivity contribution in [2.24, 2.45) is 5.92 Å². The normalized spacial score (nSPS) is 15.9. The molecule has 0 unspecified atom stereocenters. The van der Waals surface area contributed by atoms with E-state index in [1.807, 2.05) is 0 Å². The lowest BCUT2D eigenvalue weighted by molar-refractivity contribution is 0.0818. The molecule has 6 heteroatoms. The van der Waals surface area contributed by atoms with Crippen molar-refractivity contribution in [3.63, 3.8) is 0 Å². The van der Waals surface area contributed by atoms with Gasteiger partial charge in [0.2, 0.25) is 0 Å². The predicted octanol–water partition coefficient (Wildman–Crippen LogP) is 1.97. The number of carbonyl (C=O) groups excluding carboxylic acids is 1. The maximum atomic E-state index is 12.3. The molecule has 2 N–H and O–H groups in total. The number of phenolic OH excluding ortho intramolecular Hbond substituents is 1. The molecule has 2 rings (SSSR count). The zero-order valence-corrected chi connectivity index (χ0v) is 11.2. The van der Waals surface area contributed by atoms with Crippen molar-refractivity contribution in [1.29, 1.82) is 0 Å². The van der Waals surface area contributed by atoms with Crippen LogP contribution in [0, 0.1) is 5.92 Å². The summed E-state index contributed by atoms with van der Waals surface area (Å²) in [7, 11) is 1.48. The van der Waals surface area contributed by atoms with Gasteiger partial charge in [0.1, 0.15) is 11.5 Å². The number of phenols is 1. The van der Waals surface area contributed by atoms with Crippen molar-refractivity contribution in [2.45, 2.75) is 12.8 Å². The summed E-state index contributed by atoms with van der Waals surface area (Å²) in [4.78, 5) is 24.4. The number of ether oxygens (including phenoxy) is 1. The lowest BCUT2D eigenvalue weighted by atomic mass is 9.88. The van der Waals surface area contributed by atoms with Crippen LogP contribution >= 0.6 is 0 Å². The molecule has 108 valence electrons. The molecule has 0 aliphatic carbocycles. The highest BCUT2D eigenvalue weighted by molar-refractivity contribution is 6.00. The molecule has 1 aliphatic heterocycles. The minimum absolute atomic E-state index is 0.102. The minimum atomic E-state index is -0.955. The Hall–Kier alpha value is -2.24. The molecule has 6 nitrogen and oxygen atoms in total. The number of benzene rings is 1. The zero-order valence-electron chi connectivity index (χ0n) is 11.2. The topological polar surface area (TPSA) is 87.1 Å². The van der Waals surface area contributed by atoms with Gasteiger partial charge in [-0.25, -0.2) is 4.79 Å². The van der Waals surface area contributed by atoms with Crippen molar-refractivity contribution in [3.05, 3.63) is 23.8 Å². The second-order valence-electron chi connectivity index (χ2n) is 4.79. The first kappa shape index (κ1) is 14.2. The Labute approximate surface area is 116 Å². The molecule has 1 saturated heterocycles. The minimum Gasteiger partial charge on any atom is -0.507 e. The van der Waals surface area contributed by atoms with Gasteiger partial charge in [0.05, 0.1) is 12.7 Å². The SMILES string of the molecule is COc1ccc(C(=O)C2CCN(C(=O)O)CC2)c(O)c1. The Morgan fingerprint density at radius 3 is 2.45 bits per heavy atom. The highest BCUT2D eigenvalue weighted by Gasteiger charge is 2.29. The van der Waals surface area contributed by atoms with E-state index in [9.17, 15) is 14.7 Å². The van der Waals surface area contributed by atoms with Crippen molar-refractivity contribution < 1.29 is 24.5 Å². The number of piperidine rings is 1. The standard InChI is InChI=1S/C14H17NO5/c1-20-10-2-3-11(12(16)8-10)13(17)9-4-6-15(7-5-9)14(18)19/h2-3,8-9,16H,4-7H2,1H3,(H,18,19). The largest absolute Gasteiger partial charge is 0.507 e. The molecule has 1 amide bonds. The van der Waals surface area contributed by atoms with E-state index in [4.69, 9.17) is 9.84 Å². The quantitative estimate of drug-likeness (QED) is 0.826. The van der Waals surface area contributed by atoms with Crippen molar-refractivity contribution in [3.8, 4) is 11.5 Å². The monoisotopic (exact) mass is 279 g/mol. The highest BCUT2D eigenvalue weighted by atomic mass is 16.5. The van der Waals surface area contributed by atoms with Gasteiger partial charge in [-0.1, -0.05) is 0 Å². The fourth-order valence-electron chi connectivity index (χ4n) is 2.40. The van der Waals surface area contributed by atoms with Crippen LogP contribution in [0.15, 0.2) is 18.2 Å². The number of hydrogen-bond donors (Lipinski definition) is 2. The lowest BCUT2D eigenvalue weighted by Crippen LogP contribution is -2.39. The number of Topliss-reactive ketones (excluding diaryl/α,β-unsaturated/α-hetero) is 1. The van der Waals surface area contributed by atoms with E-state index in [0.717, 1.165) is 0 Å². The molecule has 1 aliphatic rings. The van der Waals surface area contributed by atoms with Crippen LogP contribution in [-0.2, 0) is 0 Å². The third-order valence-corrected chi connectivity index (χ3v) is 3.61. The van der Waals surface area contributed by atoms with Gasteiger partial charge >= 0.3 is 6.09 Å². The van der Waals surface area contributed by atoms with E-state index in [2.05, 4.69) is 0 Å². The van der Waals surface area contributed by atoms with E-state index < -0.39 is 6.09 Å². The Morgan fingerprint density at radius 2 is 1.95 bits per heavy atom. The zero-order chi connectivity index (χ0) is 14.7. The van der Waals surface area contributed by atoms with Gasteiger partial charge in [-0.2, -0.15) is 0 Å². The number of ketones is 1. The fourth-order valence-corrected chi connectivity index (χ4v) is 2.40. The molecular formula is C14H17NO5. The number of rotatable bonds is 3. The van der Waals surface area contributed by atoms with Crippen molar-refractivity contribution in [1.82, 2.24) is 4.90 Å². The van der Waals surface area contributed by atoms with Crippen LogP contribution < -0.4 is 4.74 Å². The number of carboxylic acid groups (broad SMARTS) is 1. The van der Waals surface area contributed by atoms with Crippen molar-refractivity contribution >= 4 is 11.9 Å². The molecule has 0 bridgehead atoms.